The zero-order valence-electron chi connectivity index (χ0n) is 18.4. The minimum Gasteiger partial charge on any atom is -0.508 e. The third-order valence-corrected chi connectivity index (χ3v) is 6.13. The molecule has 11 heteroatoms. The van der Waals surface area contributed by atoms with Crippen LogP contribution in [0.3, 0.4) is 0 Å². The summed E-state index contributed by atoms with van der Waals surface area (Å²) in [7, 11) is 2.51. The maximum Gasteiger partial charge on any atom is 0.204 e. The second-order valence-electron chi connectivity index (χ2n) is 8.11. The van der Waals surface area contributed by atoms with Gasteiger partial charge in [0.25, 0.3) is 0 Å². The number of phenols is 2. The summed E-state index contributed by atoms with van der Waals surface area (Å²) in [6.07, 6.45) is -8.66. The monoisotopic (exact) mass is 478 g/mol. The molecule has 0 saturated carbocycles. The molecule has 11 nitrogen and oxygen atoms in total. The number of ether oxygens (including phenoxy) is 4. The molecule has 6 N–H and O–H groups in total. The lowest BCUT2D eigenvalue weighted by Gasteiger charge is -2.41. The van der Waals surface area contributed by atoms with Gasteiger partial charge < -0.3 is 49.6 Å². The van der Waals surface area contributed by atoms with Crippen molar-refractivity contribution in [1.29, 1.82) is 0 Å². The summed E-state index contributed by atoms with van der Waals surface area (Å²) in [6, 6.07) is 6.02. The Kier molecular flexibility index (Phi) is 6.56. The average Bonchev–Trinajstić information content (AvgIpc) is 2.83. The molecular weight excluding hydrogens is 452 g/mol. The Balaban J connectivity index is 1.92. The molecule has 0 spiro atoms. The Morgan fingerprint density at radius 1 is 0.971 bits per heavy atom. The highest BCUT2D eigenvalue weighted by Crippen LogP contribution is 2.55. The largest absolute Gasteiger partial charge is 0.508 e. The van der Waals surface area contributed by atoms with E-state index >= 15 is 0 Å². The van der Waals surface area contributed by atoms with E-state index in [4.69, 9.17) is 18.9 Å². The minimum absolute atomic E-state index is 0.0253. The Labute approximate surface area is 194 Å². The molecule has 2 aromatic carbocycles. The van der Waals surface area contributed by atoms with Crippen LogP contribution in [0.15, 0.2) is 24.3 Å². The van der Waals surface area contributed by atoms with E-state index in [1.165, 1.54) is 26.4 Å². The van der Waals surface area contributed by atoms with Gasteiger partial charge in [0, 0.05) is 0 Å². The fraction of sp³-hybridized carbons (Fsp3) is 0.435. The van der Waals surface area contributed by atoms with Crippen LogP contribution < -0.4 is 14.2 Å². The number of benzene rings is 2. The number of aliphatic hydroxyl groups is 4. The summed E-state index contributed by atoms with van der Waals surface area (Å²) in [5.74, 6) is -1.50. The first-order valence-electron chi connectivity index (χ1n) is 10.5. The van der Waals surface area contributed by atoms with Crippen molar-refractivity contribution in [2.75, 3.05) is 20.8 Å². The highest BCUT2D eigenvalue weighted by molar-refractivity contribution is 6.04. The molecule has 1 fully saturated rings. The highest BCUT2D eigenvalue weighted by atomic mass is 16.6. The number of methoxy groups -OCH3 is 2. The summed E-state index contributed by atoms with van der Waals surface area (Å²) in [4.78, 5) is 13.2. The molecule has 2 aromatic rings. The minimum atomic E-state index is -1.71. The second kappa shape index (κ2) is 9.28. The molecule has 2 aliphatic rings. The molecule has 2 heterocycles. The van der Waals surface area contributed by atoms with Crippen LogP contribution in [0.2, 0.25) is 0 Å². The van der Waals surface area contributed by atoms with Crippen LogP contribution in [-0.2, 0) is 4.74 Å². The standard InChI is InChI=1S/C23H26O11/c1-31-22-15(21-19(30)18(29)16(27)13(8-24)34-21)20-14(17(28)23(22)32-2)11(26)7-12(33-20)9-3-5-10(25)6-4-9/h3-6,12-13,16,18-19,21,24-25,27-30H,7-8H2,1-2H3/t12-,13-,16-,18+,19-,21-/m1/s1. The van der Waals surface area contributed by atoms with Gasteiger partial charge in [-0.15, -0.1) is 0 Å². The molecule has 0 aromatic heterocycles. The van der Waals surface area contributed by atoms with Crippen molar-refractivity contribution >= 4 is 5.78 Å². The van der Waals surface area contributed by atoms with Gasteiger partial charge in [0.05, 0.1) is 32.8 Å². The Morgan fingerprint density at radius 3 is 2.21 bits per heavy atom. The Bertz CT molecular complexity index is 1070. The maximum absolute atomic E-state index is 13.2. The second-order valence-corrected chi connectivity index (χ2v) is 8.11. The fourth-order valence-electron chi connectivity index (χ4n) is 4.39. The molecule has 0 unspecified atom stereocenters. The average molecular weight is 478 g/mol. The van der Waals surface area contributed by atoms with Gasteiger partial charge in [-0.1, -0.05) is 12.1 Å². The Hall–Kier alpha value is -3.09. The lowest BCUT2D eigenvalue weighted by Crippen LogP contribution is -2.55. The predicted molar refractivity (Wildman–Crippen MR) is 114 cm³/mol. The predicted octanol–water partition coefficient (Wildman–Crippen LogP) is 0.336. The van der Waals surface area contributed by atoms with Crippen molar-refractivity contribution in [3.8, 4) is 28.7 Å². The summed E-state index contributed by atoms with van der Waals surface area (Å²) < 4.78 is 22.5. The van der Waals surface area contributed by atoms with Crippen molar-refractivity contribution in [3.05, 3.63) is 41.0 Å². The van der Waals surface area contributed by atoms with Gasteiger partial charge >= 0.3 is 0 Å². The van der Waals surface area contributed by atoms with Crippen molar-refractivity contribution in [3.63, 3.8) is 0 Å². The van der Waals surface area contributed by atoms with Gasteiger partial charge in [0.1, 0.15) is 53.7 Å². The number of hydrogen-bond acceptors (Lipinski definition) is 11. The quantitative estimate of drug-likeness (QED) is 0.349. The van der Waals surface area contributed by atoms with E-state index < -0.39 is 54.8 Å². The zero-order chi connectivity index (χ0) is 24.7. The van der Waals surface area contributed by atoms with E-state index in [0.29, 0.717) is 5.56 Å². The van der Waals surface area contributed by atoms with Crippen LogP contribution in [0.4, 0.5) is 0 Å². The summed E-state index contributed by atoms with van der Waals surface area (Å²) in [5.41, 5.74) is 0.298. The lowest BCUT2D eigenvalue weighted by molar-refractivity contribution is -0.232. The summed E-state index contributed by atoms with van der Waals surface area (Å²) in [6.45, 7) is -0.670. The fourth-order valence-corrected chi connectivity index (χ4v) is 4.39. The number of carbonyl (C=O) groups excluding carboxylic acids is 1. The molecule has 0 bridgehead atoms. The first-order valence-corrected chi connectivity index (χ1v) is 10.5. The van der Waals surface area contributed by atoms with Gasteiger partial charge in [0.2, 0.25) is 5.75 Å². The first kappa shape index (κ1) is 24.0. The van der Waals surface area contributed by atoms with Crippen LogP contribution in [-0.4, -0.2) is 81.7 Å². The van der Waals surface area contributed by atoms with Crippen LogP contribution in [0.1, 0.15) is 40.1 Å². The molecule has 2 aliphatic heterocycles. The number of ketones is 1. The Morgan fingerprint density at radius 2 is 1.62 bits per heavy atom. The number of Topliss-reactive ketones (excluding diaryl/α,β-unsaturated/α-hetero) is 1. The lowest BCUT2D eigenvalue weighted by atomic mass is 9.86. The molecule has 1 saturated heterocycles. The van der Waals surface area contributed by atoms with Crippen molar-refractivity contribution in [2.24, 2.45) is 0 Å². The van der Waals surface area contributed by atoms with Crippen LogP contribution in [0.25, 0.3) is 0 Å². The number of hydrogen-bond donors (Lipinski definition) is 6. The number of aromatic hydroxyl groups is 2. The molecule has 0 amide bonds. The topological polar surface area (TPSA) is 175 Å². The molecule has 34 heavy (non-hydrogen) atoms. The third kappa shape index (κ3) is 3.81. The van der Waals surface area contributed by atoms with E-state index in [2.05, 4.69) is 0 Å². The first-order chi connectivity index (χ1) is 16.2. The number of rotatable bonds is 5. The van der Waals surface area contributed by atoms with E-state index in [9.17, 15) is 35.4 Å². The van der Waals surface area contributed by atoms with E-state index in [1.54, 1.807) is 12.1 Å². The number of carbonyl (C=O) groups is 1. The van der Waals surface area contributed by atoms with Crippen LogP contribution in [0.5, 0.6) is 28.7 Å². The van der Waals surface area contributed by atoms with Gasteiger partial charge in [-0.25, -0.2) is 0 Å². The normalized spacial score (nSPS) is 28.7. The smallest absolute Gasteiger partial charge is 0.204 e. The summed E-state index contributed by atoms with van der Waals surface area (Å²) >= 11 is 0. The number of aliphatic hydroxyl groups excluding tert-OH is 4. The van der Waals surface area contributed by atoms with Crippen molar-refractivity contribution in [2.45, 2.75) is 43.0 Å². The maximum atomic E-state index is 13.2. The summed E-state index contributed by atoms with van der Waals surface area (Å²) in [5, 5.41) is 61.3. The number of fused-ring (bicyclic) bond motifs is 1. The van der Waals surface area contributed by atoms with Gasteiger partial charge in [-0.05, 0) is 17.7 Å². The van der Waals surface area contributed by atoms with E-state index in [0.717, 1.165) is 0 Å². The molecular formula is C23H26O11. The third-order valence-electron chi connectivity index (χ3n) is 6.13. The molecule has 4 rings (SSSR count). The van der Waals surface area contributed by atoms with Gasteiger partial charge in [0.15, 0.2) is 17.3 Å². The van der Waals surface area contributed by atoms with Gasteiger partial charge in [-0.2, -0.15) is 0 Å². The number of phenolic OH excluding ortho intramolecular Hbond substituents is 2. The van der Waals surface area contributed by atoms with E-state index in [-0.39, 0.29) is 40.5 Å². The molecule has 184 valence electrons. The van der Waals surface area contributed by atoms with Crippen molar-refractivity contribution in [1.82, 2.24) is 0 Å². The molecule has 6 atom stereocenters. The SMILES string of the molecule is COc1c(O)c2c(c([C@H]3O[C@H](CO)[C@@H](O)[C@H](O)[C@H]3O)c1OC)O[C@@H](c1ccc(O)cc1)CC2=O. The van der Waals surface area contributed by atoms with Gasteiger partial charge in [-0.3, -0.25) is 4.79 Å². The zero-order valence-corrected chi connectivity index (χ0v) is 18.4. The molecule has 0 aliphatic carbocycles. The van der Waals surface area contributed by atoms with Crippen LogP contribution in [0, 0.1) is 0 Å². The highest BCUT2D eigenvalue weighted by Gasteiger charge is 2.48. The van der Waals surface area contributed by atoms with Crippen LogP contribution >= 0.6 is 0 Å². The van der Waals surface area contributed by atoms with Crippen molar-refractivity contribution < 1.29 is 54.4 Å². The molecule has 0 radical (unpaired) electrons. The van der Waals surface area contributed by atoms with E-state index in [1.807, 2.05) is 0 Å².